The van der Waals surface area contributed by atoms with Gasteiger partial charge in [-0.2, -0.15) is 0 Å². The Labute approximate surface area is 135 Å². The number of allylic oxidation sites excluding steroid dienone is 4. The maximum atomic E-state index is 5.10. The van der Waals surface area contributed by atoms with Gasteiger partial charge in [0.25, 0.3) is 0 Å². The van der Waals surface area contributed by atoms with Gasteiger partial charge >= 0.3 is 27.7 Å². The van der Waals surface area contributed by atoms with Gasteiger partial charge in [-0.15, -0.1) is 0 Å². The Morgan fingerprint density at radius 3 is 2.39 bits per heavy atom. The fraction of sp³-hybridized carbons (Fsp3) is 0.214. The minimum atomic E-state index is 0. The Kier molecular flexibility index (Phi) is 8.20. The van der Waals surface area contributed by atoms with Crippen molar-refractivity contribution in [3.8, 4) is 5.75 Å². The monoisotopic (exact) mass is 450 g/mol. The zero-order valence-corrected chi connectivity index (χ0v) is 16.9. The zero-order chi connectivity index (χ0) is 11.4. The Morgan fingerprint density at radius 1 is 1.22 bits per heavy atom. The normalized spacial score (nSPS) is 13.4. The molecule has 0 amide bonds. The van der Waals surface area contributed by atoms with Crippen molar-refractivity contribution < 1.29 is 44.8 Å². The SMILES string of the molecule is COc1ccc(N=C(C)C2=CC=CC2)cc1.[Cl-].[Hg+]. The van der Waals surface area contributed by atoms with Gasteiger partial charge < -0.3 is 17.1 Å². The third-order valence-electron chi connectivity index (χ3n) is 2.61. The van der Waals surface area contributed by atoms with Crippen molar-refractivity contribution >= 4 is 11.4 Å². The van der Waals surface area contributed by atoms with Gasteiger partial charge in [0.2, 0.25) is 0 Å². The molecule has 2 nitrogen and oxygen atoms in total. The number of ether oxygens (including phenoxy) is 1. The Morgan fingerprint density at radius 2 is 1.89 bits per heavy atom. The largest absolute Gasteiger partial charge is 1.00 e. The van der Waals surface area contributed by atoms with Crippen LogP contribution < -0.4 is 17.1 Å². The number of hydrogen-bond acceptors (Lipinski definition) is 2. The molecule has 0 N–H and O–H groups in total. The van der Waals surface area contributed by atoms with Crippen molar-refractivity contribution in [1.29, 1.82) is 0 Å². The summed E-state index contributed by atoms with van der Waals surface area (Å²) in [7, 11) is 1.67. The topological polar surface area (TPSA) is 21.6 Å². The molecular weight excluding hydrogens is 434 g/mol. The average molecular weight is 449 g/mol. The van der Waals surface area contributed by atoms with E-state index < -0.39 is 0 Å². The van der Waals surface area contributed by atoms with E-state index in [9.17, 15) is 0 Å². The fourth-order valence-corrected chi connectivity index (χ4v) is 1.64. The molecule has 2 rings (SSSR count). The summed E-state index contributed by atoms with van der Waals surface area (Å²) in [6.45, 7) is 2.04. The van der Waals surface area contributed by atoms with Gasteiger partial charge in [-0.3, -0.25) is 4.99 Å². The number of aliphatic imine (C=N–C) groups is 1. The molecule has 0 spiro atoms. The maximum Gasteiger partial charge on any atom is 1.00 e. The molecule has 0 aromatic heterocycles. The third kappa shape index (κ3) is 4.58. The summed E-state index contributed by atoms with van der Waals surface area (Å²) in [5.74, 6) is 0.860. The van der Waals surface area contributed by atoms with E-state index in [2.05, 4.69) is 23.2 Å². The molecule has 91 valence electrons. The standard InChI is InChI=1S/C14H15NO.ClH.Hg/c1-11(12-5-3-4-6-12)15-13-7-9-14(16-2)10-8-13;;/h3-5,7-10H,6H2,1-2H3;1H;/q;;+1/p-1. The molecule has 0 fully saturated rings. The predicted molar refractivity (Wildman–Crippen MR) is 67.6 cm³/mol. The summed E-state index contributed by atoms with van der Waals surface area (Å²) in [5, 5.41) is 0. The van der Waals surface area contributed by atoms with Crippen molar-refractivity contribution in [3.05, 3.63) is 48.1 Å². The van der Waals surface area contributed by atoms with Crippen molar-refractivity contribution in [2.24, 2.45) is 4.99 Å². The van der Waals surface area contributed by atoms with Crippen LogP contribution >= 0.6 is 0 Å². The summed E-state index contributed by atoms with van der Waals surface area (Å²) in [6, 6.07) is 7.78. The predicted octanol–water partition coefficient (Wildman–Crippen LogP) is 0.675. The first-order valence-electron chi connectivity index (χ1n) is 5.35. The molecule has 0 heterocycles. The molecular formula is C14H15ClHgNO. The Hall–Kier alpha value is -0.605. The Bertz CT molecular complexity index is 463. The van der Waals surface area contributed by atoms with Crippen molar-refractivity contribution in [2.45, 2.75) is 13.3 Å². The van der Waals surface area contributed by atoms with E-state index in [0.717, 1.165) is 23.6 Å². The second-order valence-electron chi connectivity index (χ2n) is 3.72. The summed E-state index contributed by atoms with van der Waals surface area (Å²) < 4.78 is 5.10. The van der Waals surface area contributed by atoms with E-state index in [-0.39, 0.29) is 40.1 Å². The molecule has 1 aromatic carbocycles. The summed E-state index contributed by atoms with van der Waals surface area (Å²) in [5.41, 5.74) is 3.33. The molecule has 0 unspecified atom stereocenters. The van der Waals surface area contributed by atoms with Crippen LogP contribution in [0.25, 0.3) is 0 Å². The van der Waals surface area contributed by atoms with Crippen LogP contribution in [0.2, 0.25) is 0 Å². The first kappa shape index (κ1) is 17.4. The molecule has 1 aliphatic carbocycles. The van der Waals surface area contributed by atoms with Crippen LogP contribution in [0.5, 0.6) is 5.75 Å². The molecule has 0 saturated carbocycles. The minimum Gasteiger partial charge on any atom is -1.00 e. The van der Waals surface area contributed by atoms with Gasteiger partial charge in [0.15, 0.2) is 0 Å². The van der Waals surface area contributed by atoms with E-state index >= 15 is 0 Å². The van der Waals surface area contributed by atoms with E-state index in [4.69, 9.17) is 4.74 Å². The molecule has 0 aliphatic heterocycles. The molecule has 4 heteroatoms. The molecule has 0 bridgehead atoms. The first-order chi connectivity index (χ1) is 7.79. The number of hydrogen-bond donors (Lipinski definition) is 0. The van der Waals surface area contributed by atoms with Crippen LogP contribution in [0.1, 0.15) is 13.3 Å². The third-order valence-corrected chi connectivity index (χ3v) is 2.61. The first-order valence-corrected chi connectivity index (χ1v) is 5.35. The second kappa shape index (κ2) is 8.49. The van der Waals surface area contributed by atoms with Gasteiger partial charge in [-0.05, 0) is 43.2 Å². The van der Waals surface area contributed by atoms with Crippen LogP contribution in [0.4, 0.5) is 5.69 Å². The van der Waals surface area contributed by atoms with Crippen LogP contribution in [0, 0.1) is 0 Å². The summed E-state index contributed by atoms with van der Waals surface area (Å²) >= 11 is 0. The maximum absolute atomic E-state index is 5.10. The van der Waals surface area contributed by atoms with Crippen molar-refractivity contribution in [2.75, 3.05) is 7.11 Å². The van der Waals surface area contributed by atoms with E-state index in [0.29, 0.717) is 0 Å². The van der Waals surface area contributed by atoms with Crippen LogP contribution in [0.15, 0.2) is 53.1 Å². The van der Waals surface area contributed by atoms with Crippen molar-refractivity contribution in [1.82, 2.24) is 0 Å². The van der Waals surface area contributed by atoms with Gasteiger partial charge in [-0.25, -0.2) is 0 Å². The van der Waals surface area contributed by atoms with E-state index in [1.165, 1.54) is 5.57 Å². The molecule has 0 saturated heterocycles. The molecule has 18 heavy (non-hydrogen) atoms. The van der Waals surface area contributed by atoms with Crippen LogP contribution in [0.3, 0.4) is 0 Å². The van der Waals surface area contributed by atoms with Gasteiger partial charge in [0, 0.05) is 5.71 Å². The molecule has 1 aromatic rings. The number of rotatable bonds is 3. The van der Waals surface area contributed by atoms with Gasteiger partial charge in [0.1, 0.15) is 5.75 Å². The molecule has 0 atom stereocenters. The summed E-state index contributed by atoms with van der Waals surface area (Å²) in [4.78, 5) is 4.57. The number of benzene rings is 1. The number of nitrogens with zero attached hydrogens (tertiary/aromatic N) is 1. The van der Waals surface area contributed by atoms with Gasteiger partial charge in [-0.1, -0.05) is 18.2 Å². The van der Waals surface area contributed by atoms with E-state index in [1.54, 1.807) is 7.11 Å². The van der Waals surface area contributed by atoms with Crippen LogP contribution in [-0.2, 0) is 27.7 Å². The van der Waals surface area contributed by atoms with Gasteiger partial charge in [0.05, 0.1) is 12.8 Å². The second-order valence-corrected chi connectivity index (χ2v) is 3.72. The number of halogens is 1. The minimum absolute atomic E-state index is 0. The van der Waals surface area contributed by atoms with Crippen LogP contribution in [-0.4, -0.2) is 12.8 Å². The fourth-order valence-electron chi connectivity index (χ4n) is 1.64. The average Bonchev–Trinajstić information content (AvgIpc) is 2.83. The smallest absolute Gasteiger partial charge is 1.00 e. The van der Waals surface area contributed by atoms with E-state index in [1.807, 2.05) is 31.2 Å². The molecule has 1 radical (unpaired) electrons. The number of methoxy groups -OCH3 is 1. The molecule has 1 aliphatic rings. The quantitative estimate of drug-likeness (QED) is 0.492. The summed E-state index contributed by atoms with van der Waals surface area (Å²) in [6.07, 6.45) is 7.32. The zero-order valence-electron chi connectivity index (χ0n) is 10.7. The Balaban J connectivity index is 0.00000144. The van der Waals surface area contributed by atoms with Crippen molar-refractivity contribution in [3.63, 3.8) is 0 Å².